The fourth-order valence-electron chi connectivity index (χ4n) is 3.23. The van der Waals surface area contributed by atoms with Crippen LogP contribution in [-0.2, 0) is 0 Å². The quantitative estimate of drug-likeness (QED) is 0.886. The molecule has 1 saturated heterocycles. The summed E-state index contributed by atoms with van der Waals surface area (Å²) in [4.78, 5) is 2.57. The van der Waals surface area contributed by atoms with Crippen molar-refractivity contribution < 1.29 is 4.74 Å². The van der Waals surface area contributed by atoms with E-state index in [9.17, 15) is 0 Å². The maximum absolute atomic E-state index is 5.89. The summed E-state index contributed by atoms with van der Waals surface area (Å²) in [6, 6.07) is 9.01. The summed E-state index contributed by atoms with van der Waals surface area (Å²) >= 11 is 0. The second-order valence-corrected chi connectivity index (χ2v) is 5.43. The van der Waals surface area contributed by atoms with E-state index in [-0.39, 0.29) is 0 Å². The molecular weight excluding hydrogens is 224 g/mol. The van der Waals surface area contributed by atoms with Crippen LogP contribution >= 0.6 is 0 Å². The average Bonchev–Trinajstić information content (AvgIpc) is 2.83. The first kappa shape index (κ1) is 12.0. The van der Waals surface area contributed by atoms with E-state index in [4.69, 9.17) is 10.5 Å². The number of nitrogens with two attached hydrogens (primary N) is 1. The number of nitrogens with zero attached hydrogens (tertiary/aromatic N) is 1. The number of ether oxygens (including phenoxy) is 1. The topological polar surface area (TPSA) is 38.5 Å². The molecule has 0 spiro atoms. The number of piperidine rings is 1. The highest BCUT2D eigenvalue weighted by molar-refractivity contribution is 5.39. The summed E-state index contributed by atoms with van der Waals surface area (Å²) in [5, 5.41) is 0. The van der Waals surface area contributed by atoms with Gasteiger partial charge in [0.05, 0.1) is 6.61 Å². The normalized spacial score (nSPS) is 27.8. The number of fused-ring (bicyclic) bond motifs is 1. The molecule has 2 aliphatic rings. The first-order valence-electron chi connectivity index (χ1n) is 7.04. The van der Waals surface area contributed by atoms with Gasteiger partial charge in [0.25, 0.3) is 0 Å². The van der Waals surface area contributed by atoms with Gasteiger partial charge in [0, 0.05) is 30.6 Å². The van der Waals surface area contributed by atoms with Crippen LogP contribution in [0.3, 0.4) is 0 Å². The van der Waals surface area contributed by atoms with Crippen molar-refractivity contribution in [1.29, 1.82) is 0 Å². The van der Waals surface area contributed by atoms with Gasteiger partial charge >= 0.3 is 0 Å². The summed E-state index contributed by atoms with van der Waals surface area (Å²) in [6.45, 7) is 3.90. The van der Waals surface area contributed by atoms with Gasteiger partial charge in [0.15, 0.2) is 0 Å². The molecule has 0 saturated carbocycles. The fraction of sp³-hybridized carbons (Fsp3) is 0.600. The summed E-state index contributed by atoms with van der Waals surface area (Å²) in [5.41, 5.74) is 7.26. The van der Waals surface area contributed by atoms with E-state index in [0.29, 0.717) is 12.0 Å². The molecule has 2 atom stereocenters. The standard InChI is InChI=1S/C15H22N2O/c16-9-13-5-3-4-8-17(13)10-12-11-18-15-7-2-1-6-14(12)15/h1-2,6-7,12-13H,3-5,8-11,16H2. The third kappa shape index (κ3) is 2.25. The molecule has 2 aliphatic heterocycles. The Kier molecular flexibility index (Phi) is 3.52. The van der Waals surface area contributed by atoms with Crippen LogP contribution in [0.5, 0.6) is 5.75 Å². The SMILES string of the molecule is NCC1CCCCN1CC1COc2ccccc21. The Morgan fingerprint density at radius 3 is 3.06 bits per heavy atom. The first-order chi connectivity index (χ1) is 8.88. The number of hydrogen-bond donors (Lipinski definition) is 1. The van der Waals surface area contributed by atoms with Crippen molar-refractivity contribution in [3.8, 4) is 5.75 Å². The molecule has 0 radical (unpaired) electrons. The lowest BCUT2D eigenvalue weighted by Crippen LogP contribution is -2.45. The van der Waals surface area contributed by atoms with E-state index in [0.717, 1.165) is 25.4 Å². The lowest BCUT2D eigenvalue weighted by Gasteiger charge is -2.36. The third-order valence-electron chi connectivity index (χ3n) is 4.27. The zero-order valence-corrected chi connectivity index (χ0v) is 10.8. The summed E-state index contributed by atoms with van der Waals surface area (Å²) in [7, 11) is 0. The van der Waals surface area contributed by atoms with Crippen molar-refractivity contribution in [2.75, 3.05) is 26.2 Å². The van der Waals surface area contributed by atoms with E-state index in [1.54, 1.807) is 0 Å². The molecular formula is C15H22N2O. The number of hydrogen-bond acceptors (Lipinski definition) is 3. The van der Waals surface area contributed by atoms with Crippen molar-refractivity contribution in [3.63, 3.8) is 0 Å². The molecule has 0 amide bonds. The van der Waals surface area contributed by atoms with Crippen LogP contribution in [0.4, 0.5) is 0 Å². The second kappa shape index (κ2) is 5.29. The van der Waals surface area contributed by atoms with E-state index in [1.165, 1.54) is 31.4 Å². The Balaban J connectivity index is 1.70. The highest BCUT2D eigenvalue weighted by atomic mass is 16.5. The minimum absolute atomic E-state index is 0.522. The number of likely N-dealkylation sites (tertiary alicyclic amines) is 1. The van der Waals surface area contributed by atoms with Crippen LogP contribution in [0.15, 0.2) is 24.3 Å². The molecule has 3 rings (SSSR count). The van der Waals surface area contributed by atoms with Crippen molar-refractivity contribution in [1.82, 2.24) is 4.90 Å². The van der Waals surface area contributed by atoms with Crippen molar-refractivity contribution in [2.24, 2.45) is 5.73 Å². The van der Waals surface area contributed by atoms with Crippen LogP contribution < -0.4 is 10.5 Å². The van der Waals surface area contributed by atoms with Crippen molar-refractivity contribution in [2.45, 2.75) is 31.2 Å². The Bertz CT molecular complexity index is 407. The molecule has 3 heteroatoms. The van der Waals surface area contributed by atoms with Gasteiger partial charge in [-0.2, -0.15) is 0 Å². The smallest absolute Gasteiger partial charge is 0.122 e. The number of para-hydroxylation sites is 1. The van der Waals surface area contributed by atoms with Crippen molar-refractivity contribution in [3.05, 3.63) is 29.8 Å². The number of benzene rings is 1. The molecule has 1 aromatic rings. The summed E-state index contributed by atoms with van der Waals surface area (Å²) in [6.07, 6.45) is 3.90. The highest BCUT2D eigenvalue weighted by Gasteiger charge is 2.29. The lowest BCUT2D eigenvalue weighted by molar-refractivity contribution is 0.137. The lowest BCUT2D eigenvalue weighted by atomic mass is 9.96. The largest absolute Gasteiger partial charge is 0.493 e. The van der Waals surface area contributed by atoms with Gasteiger partial charge in [0.1, 0.15) is 5.75 Å². The average molecular weight is 246 g/mol. The van der Waals surface area contributed by atoms with Crippen LogP contribution in [0, 0.1) is 0 Å². The molecule has 0 aliphatic carbocycles. The zero-order valence-electron chi connectivity index (χ0n) is 10.8. The molecule has 1 fully saturated rings. The van der Waals surface area contributed by atoms with Gasteiger partial charge in [-0.05, 0) is 25.5 Å². The van der Waals surface area contributed by atoms with Gasteiger partial charge in [0.2, 0.25) is 0 Å². The molecule has 1 aromatic carbocycles. The fourth-order valence-corrected chi connectivity index (χ4v) is 3.23. The maximum Gasteiger partial charge on any atom is 0.122 e. The Labute approximate surface area is 109 Å². The predicted octanol–water partition coefficient (Wildman–Crippen LogP) is 1.98. The summed E-state index contributed by atoms with van der Waals surface area (Å²) < 4.78 is 5.76. The molecule has 98 valence electrons. The van der Waals surface area contributed by atoms with Crippen molar-refractivity contribution >= 4 is 0 Å². The van der Waals surface area contributed by atoms with Gasteiger partial charge < -0.3 is 10.5 Å². The van der Waals surface area contributed by atoms with E-state index in [2.05, 4.69) is 23.1 Å². The minimum Gasteiger partial charge on any atom is -0.493 e. The molecule has 2 heterocycles. The Morgan fingerprint density at radius 1 is 1.28 bits per heavy atom. The van der Waals surface area contributed by atoms with Gasteiger partial charge in [-0.15, -0.1) is 0 Å². The van der Waals surface area contributed by atoms with Crippen LogP contribution in [0.2, 0.25) is 0 Å². The third-order valence-corrected chi connectivity index (χ3v) is 4.27. The first-order valence-corrected chi connectivity index (χ1v) is 7.04. The van der Waals surface area contributed by atoms with E-state index < -0.39 is 0 Å². The van der Waals surface area contributed by atoms with Gasteiger partial charge in [-0.1, -0.05) is 24.6 Å². The monoisotopic (exact) mass is 246 g/mol. The van der Waals surface area contributed by atoms with E-state index in [1.807, 2.05) is 6.07 Å². The molecule has 2 unspecified atom stereocenters. The van der Waals surface area contributed by atoms with Crippen LogP contribution in [0.1, 0.15) is 30.7 Å². The van der Waals surface area contributed by atoms with Crippen LogP contribution in [0.25, 0.3) is 0 Å². The van der Waals surface area contributed by atoms with Gasteiger partial charge in [-0.25, -0.2) is 0 Å². The van der Waals surface area contributed by atoms with E-state index >= 15 is 0 Å². The molecule has 2 N–H and O–H groups in total. The molecule has 0 bridgehead atoms. The van der Waals surface area contributed by atoms with Gasteiger partial charge in [-0.3, -0.25) is 4.90 Å². The second-order valence-electron chi connectivity index (χ2n) is 5.43. The Morgan fingerprint density at radius 2 is 2.17 bits per heavy atom. The zero-order chi connectivity index (χ0) is 12.4. The molecule has 18 heavy (non-hydrogen) atoms. The number of rotatable bonds is 3. The minimum atomic E-state index is 0.522. The Hall–Kier alpha value is -1.06. The highest BCUT2D eigenvalue weighted by Crippen LogP contribution is 2.34. The molecule has 0 aromatic heterocycles. The van der Waals surface area contributed by atoms with Crippen LogP contribution in [-0.4, -0.2) is 37.2 Å². The molecule has 3 nitrogen and oxygen atoms in total. The maximum atomic E-state index is 5.89. The predicted molar refractivity (Wildman–Crippen MR) is 72.9 cm³/mol. The summed E-state index contributed by atoms with van der Waals surface area (Å²) in [5.74, 6) is 1.59.